The Balaban J connectivity index is 1.49. The van der Waals surface area contributed by atoms with Crippen molar-refractivity contribution >= 4 is 27.3 Å². The van der Waals surface area contributed by atoms with Crippen molar-refractivity contribution in [3.63, 3.8) is 0 Å². The summed E-state index contributed by atoms with van der Waals surface area (Å²) in [5.74, 6) is 0.430. The molecule has 29 heavy (non-hydrogen) atoms. The second-order valence-corrected chi connectivity index (χ2v) is 11.6. The molecule has 1 aromatic heterocycles. The van der Waals surface area contributed by atoms with E-state index in [1.54, 1.807) is 17.5 Å². The molecule has 1 aromatic rings. The van der Waals surface area contributed by atoms with Crippen molar-refractivity contribution in [2.75, 3.05) is 52.9 Å². The fourth-order valence-electron chi connectivity index (χ4n) is 4.19. The van der Waals surface area contributed by atoms with Gasteiger partial charge in [-0.3, -0.25) is 9.69 Å². The zero-order valence-electron chi connectivity index (χ0n) is 17.7. The third kappa shape index (κ3) is 5.58. The molecule has 2 fully saturated rings. The number of sulfonamides is 1. The molecular formula is C20H34N4O3S2. The Hall–Kier alpha value is -1.00. The van der Waals surface area contributed by atoms with Crippen LogP contribution in [-0.2, 0) is 14.8 Å². The van der Waals surface area contributed by atoms with E-state index in [4.69, 9.17) is 0 Å². The maximum Gasteiger partial charge on any atom is 0.252 e. The molecule has 0 saturated carbocycles. The smallest absolute Gasteiger partial charge is 0.252 e. The lowest BCUT2D eigenvalue weighted by Crippen LogP contribution is -2.54. The number of piperidine rings is 1. The van der Waals surface area contributed by atoms with E-state index >= 15 is 0 Å². The first-order valence-corrected chi connectivity index (χ1v) is 12.8. The van der Waals surface area contributed by atoms with Gasteiger partial charge in [-0.2, -0.15) is 4.31 Å². The summed E-state index contributed by atoms with van der Waals surface area (Å²) in [5, 5.41) is 4.94. The van der Waals surface area contributed by atoms with Gasteiger partial charge < -0.3 is 10.2 Å². The maximum atomic E-state index is 12.7. The third-order valence-electron chi connectivity index (χ3n) is 6.18. The molecule has 3 rings (SSSR count). The van der Waals surface area contributed by atoms with Crippen molar-refractivity contribution in [3.8, 4) is 0 Å². The molecule has 2 saturated heterocycles. The molecule has 7 nitrogen and oxygen atoms in total. The molecule has 3 heterocycles. The summed E-state index contributed by atoms with van der Waals surface area (Å²) in [6.45, 7) is 10.1. The van der Waals surface area contributed by atoms with Crippen LogP contribution in [0.25, 0.3) is 0 Å². The van der Waals surface area contributed by atoms with Gasteiger partial charge >= 0.3 is 0 Å². The van der Waals surface area contributed by atoms with Gasteiger partial charge in [0.2, 0.25) is 5.91 Å². The van der Waals surface area contributed by atoms with E-state index in [1.165, 1.54) is 15.6 Å². The van der Waals surface area contributed by atoms with Crippen molar-refractivity contribution < 1.29 is 13.2 Å². The Kier molecular flexibility index (Phi) is 7.72. The Labute approximate surface area is 179 Å². The predicted octanol–water partition coefficient (Wildman–Crippen LogP) is 1.54. The first-order valence-electron chi connectivity index (χ1n) is 10.5. The van der Waals surface area contributed by atoms with E-state index in [0.717, 1.165) is 26.2 Å². The summed E-state index contributed by atoms with van der Waals surface area (Å²) < 4.78 is 27.2. The molecular weight excluding hydrogens is 408 g/mol. The molecule has 0 aliphatic carbocycles. The van der Waals surface area contributed by atoms with Gasteiger partial charge in [0.15, 0.2) is 0 Å². The molecule has 0 aromatic carbocycles. The largest absolute Gasteiger partial charge is 0.354 e. The SMILES string of the molecule is CC(C)C(CNC(=O)C1CCN(S(=O)(=O)c2cccs2)CC1)N1CCN(C)CC1. The lowest BCUT2D eigenvalue weighted by molar-refractivity contribution is -0.126. The van der Waals surface area contributed by atoms with Crippen molar-refractivity contribution in [2.24, 2.45) is 11.8 Å². The molecule has 164 valence electrons. The number of nitrogens with one attached hydrogen (secondary N) is 1. The van der Waals surface area contributed by atoms with Crippen molar-refractivity contribution in [3.05, 3.63) is 17.5 Å². The minimum Gasteiger partial charge on any atom is -0.354 e. The van der Waals surface area contributed by atoms with E-state index in [2.05, 4.69) is 36.0 Å². The van der Waals surface area contributed by atoms with Gasteiger partial charge in [0.25, 0.3) is 10.0 Å². The lowest BCUT2D eigenvalue weighted by Gasteiger charge is -2.40. The number of nitrogens with zero attached hydrogens (tertiary/aromatic N) is 3. The molecule has 0 radical (unpaired) electrons. The Morgan fingerprint density at radius 1 is 1.17 bits per heavy atom. The van der Waals surface area contributed by atoms with E-state index in [-0.39, 0.29) is 11.8 Å². The van der Waals surface area contributed by atoms with Crippen LogP contribution in [-0.4, -0.2) is 87.3 Å². The number of piperazine rings is 1. The standard InChI is InChI=1S/C20H34N4O3S2/c1-16(2)18(23-12-10-22(3)11-13-23)15-21-20(25)17-6-8-24(9-7-17)29(26,27)19-5-4-14-28-19/h4-5,14,16-18H,6-13,15H2,1-3H3,(H,21,25). The zero-order chi connectivity index (χ0) is 21.0. The number of amides is 1. The van der Waals surface area contributed by atoms with Crippen LogP contribution in [0.3, 0.4) is 0 Å². The first kappa shape index (κ1) is 22.7. The van der Waals surface area contributed by atoms with Crippen LogP contribution in [0.15, 0.2) is 21.7 Å². The summed E-state index contributed by atoms with van der Waals surface area (Å²) in [6.07, 6.45) is 1.16. The highest BCUT2D eigenvalue weighted by atomic mass is 32.2. The van der Waals surface area contributed by atoms with Crippen LogP contribution in [0, 0.1) is 11.8 Å². The van der Waals surface area contributed by atoms with Crippen LogP contribution < -0.4 is 5.32 Å². The van der Waals surface area contributed by atoms with Crippen molar-refractivity contribution in [2.45, 2.75) is 36.9 Å². The van der Waals surface area contributed by atoms with Gasteiger partial charge in [-0.1, -0.05) is 19.9 Å². The highest BCUT2D eigenvalue weighted by Crippen LogP contribution is 2.26. The monoisotopic (exact) mass is 442 g/mol. The highest BCUT2D eigenvalue weighted by Gasteiger charge is 2.33. The Morgan fingerprint density at radius 2 is 1.83 bits per heavy atom. The molecule has 1 atom stereocenters. The maximum absolute atomic E-state index is 12.7. The summed E-state index contributed by atoms with van der Waals surface area (Å²) in [4.78, 5) is 17.6. The minimum atomic E-state index is -3.41. The second-order valence-electron chi connectivity index (χ2n) is 8.51. The highest BCUT2D eigenvalue weighted by molar-refractivity contribution is 7.91. The molecule has 1 unspecified atom stereocenters. The van der Waals surface area contributed by atoms with Crippen molar-refractivity contribution in [1.82, 2.24) is 19.4 Å². The molecule has 2 aliphatic heterocycles. The number of rotatable bonds is 7. The Morgan fingerprint density at radius 3 is 2.38 bits per heavy atom. The lowest BCUT2D eigenvalue weighted by atomic mass is 9.96. The fraction of sp³-hybridized carbons (Fsp3) is 0.750. The number of thiophene rings is 1. The summed E-state index contributed by atoms with van der Waals surface area (Å²) in [5.41, 5.74) is 0. The number of hydrogen-bond acceptors (Lipinski definition) is 6. The predicted molar refractivity (Wildman–Crippen MR) is 117 cm³/mol. The number of likely N-dealkylation sites (N-methyl/N-ethyl adjacent to an activating group) is 1. The van der Waals surface area contributed by atoms with Gasteiger partial charge in [0.1, 0.15) is 4.21 Å². The molecule has 9 heteroatoms. The third-order valence-corrected chi connectivity index (χ3v) is 9.45. The van der Waals surface area contributed by atoms with E-state index in [9.17, 15) is 13.2 Å². The molecule has 0 spiro atoms. The summed E-state index contributed by atoms with van der Waals surface area (Å²) in [6, 6.07) is 3.74. The molecule has 1 N–H and O–H groups in total. The van der Waals surface area contributed by atoms with Crippen LogP contribution >= 0.6 is 11.3 Å². The molecule has 1 amide bonds. The topological polar surface area (TPSA) is 73.0 Å². The number of hydrogen-bond donors (Lipinski definition) is 1. The van der Waals surface area contributed by atoms with E-state index in [0.29, 0.717) is 48.6 Å². The zero-order valence-corrected chi connectivity index (χ0v) is 19.3. The van der Waals surface area contributed by atoms with Crippen LogP contribution in [0.4, 0.5) is 0 Å². The molecule has 2 aliphatic rings. The number of carbonyl (C=O) groups excluding carboxylic acids is 1. The van der Waals surface area contributed by atoms with Gasteiger partial charge in [-0.25, -0.2) is 8.42 Å². The van der Waals surface area contributed by atoms with Gasteiger partial charge in [0.05, 0.1) is 0 Å². The fourth-order valence-corrected chi connectivity index (χ4v) is 6.80. The van der Waals surface area contributed by atoms with E-state index < -0.39 is 10.0 Å². The number of carbonyl (C=O) groups is 1. The van der Waals surface area contributed by atoms with Crippen molar-refractivity contribution in [1.29, 1.82) is 0 Å². The average Bonchev–Trinajstić information content (AvgIpc) is 3.25. The summed E-state index contributed by atoms with van der Waals surface area (Å²) in [7, 11) is -1.27. The Bertz CT molecular complexity index is 751. The minimum absolute atomic E-state index is 0.0675. The normalized spacial score (nSPS) is 22.1. The van der Waals surface area contributed by atoms with Crippen LogP contribution in [0.1, 0.15) is 26.7 Å². The average molecular weight is 443 g/mol. The molecule has 0 bridgehead atoms. The quantitative estimate of drug-likeness (QED) is 0.693. The van der Waals surface area contributed by atoms with Crippen LogP contribution in [0.5, 0.6) is 0 Å². The van der Waals surface area contributed by atoms with E-state index in [1.807, 2.05) is 0 Å². The van der Waals surface area contributed by atoms with Gasteiger partial charge in [-0.15, -0.1) is 11.3 Å². The second kappa shape index (κ2) is 9.87. The van der Waals surface area contributed by atoms with Crippen LogP contribution in [0.2, 0.25) is 0 Å². The summed E-state index contributed by atoms with van der Waals surface area (Å²) >= 11 is 1.24. The van der Waals surface area contributed by atoms with Gasteiger partial charge in [-0.05, 0) is 37.3 Å². The van der Waals surface area contributed by atoms with Gasteiger partial charge in [0, 0.05) is 57.8 Å². The first-order chi connectivity index (χ1) is 13.8.